The van der Waals surface area contributed by atoms with Crippen molar-refractivity contribution in [2.75, 3.05) is 7.11 Å². The van der Waals surface area contributed by atoms with Crippen molar-refractivity contribution in [1.82, 2.24) is 0 Å². The molecule has 0 aliphatic rings. The first-order chi connectivity index (χ1) is 10.1. The quantitative estimate of drug-likeness (QED) is 0.522. The molecule has 0 spiro atoms. The summed E-state index contributed by atoms with van der Waals surface area (Å²) in [6.45, 7) is 0. The summed E-state index contributed by atoms with van der Waals surface area (Å²) in [7, 11) is 1.34. The second kappa shape index (κ2) is 7.01. The molecule has 0 fully saturated rings. The van der Waals surface area contributed by atoms with Gasteiger partial charge in [0.15, 0.2) is 5.75 Å². The number of nitrogens with zero attached hydrogens (tertiary/aromatic N) is 1. The van der Waals surface area contributed by atoms with Crippen molar-refractivity contribution >= 4 is 33.8 Å². The molecule has 0 amide bonds. The number of carbonyl (C=O) groups is 1. The van der Waals surface area contributed by atoms with Crippen LogP contribution in [0.5, 0.6) is 5.75 Å². The monoisotopic (exact) mass is 348 g/mol. The van der Waals surface area contributed by atoms with Crippen LogP contribution in [0.2, 0.25) is 0 Å². The lowest BCUT2D eigenvalue weighted by Crippen LogP contribution is -2.04. The highest BCUT2D eigenvalue weighted by Gasteiger charge is 2.04. The van der Waals surface area contributed by atoms with Crippen LogP contribution >= 0.6 is 15.9 Å². The van der Waals surface area contributed by atoms with Crippen molar-refractivity contribution in [3.63, 3.8) is 0 Å². The van der Waals surface area contributed by atoms with Crippen molar-refractivity contribution in [3.05, 3.63) is 58.1 Å². The minimum absolute atomic E-state index is 0.378. The van der Waals surface area contributed by atoms with Gasteiger partial charge in [0.1, 0.15) is 0 Å². The lowest BCUT2D eigenvalue weighted by Gasteiger charge is -2.03. The van der Waals surface area contributed by atoms with Gasteiger partial charge in [-0.05, 0) is 42.5 Å². The molecule has 0 atom stereocenters. The lowest BCUT2D eigenvalue weighted by atomic mass is 10.2. The summed E-state index contributed by atoms with van der Waals surface area (Å²) in [4.78, 5) is 20.4. The van der Waals surface area contributed by atoms with Crippen LogP contribution in [0.15, 0.2) is 51.9 Å². The number of methoxy groups -OCH3 is 1. The minimum atomic E-state index is -0.378. The second-order valence-corrected chi connectivity index (χ2v) is 5.01. The maximum Gasteiger partial charge on any atom is 0.337 e. The van der Waals surface area contributed by atoms with Crippen molar-refractivity contribution in [2.45, 2.75) is 0 Å². The predicted molar refractivity (Wildman–Crippen MR) is 84.0 cm³/mol. The zero-order valence-corrected chi connectivity index (χ0v) is 12.8. The van der Waals surface area contributed by atoms with Crippen LogP contribution in [-0.2, 0) is 4.74 Å². The number of hydrogen-bond acceptors (Lipinski definition) is 5. The van der Waals surface area contributed by atoms with Crippen LogP contribution in [0.4, 0.5) is 5.69 Å². The molecule has 0 unspecified atom stereocenters. The van der Waals surface area contributed by atoms with E-state index >= 15 is 0 Å². The van der Waals surface area contributed by atoms with Gasteiger partial charge in [0.05, 0.1) is 18.4 Å². The van der Waals surface area contributed by atoms with E-state index in [0.29, 0.717) is 17.0 Å². The zero-order valence-electron chi connectivity index (χ0n) is 11.2. The van der Waals surface area contributed by atoms with E-state index in [0.717, 1.165) is 10.0 Å². The Hall–Kier alpha value is -2.18. The molecule has 2 aromatic carbocycles. The minimum Gasteiger partial charge on any atom is -0.465 e. The van der Waals surface area contributed by atoms with Crippen LogP contribution in [0, 0.1) is 0 Å². The molecule has 0 aliphatic carbocycles. The Morgan fingerprint density at radius 2 is 1.95 bits per heavy atom. The van der Waals surface area contributed by atoms with E-state index in [-0.39, 0.29) is 5.97 Å². The Morgan fingerprint density at radius 3 is 2.57 bits per heavy atom. The number of aliphatic imine (C=N–C) groups is 1. The van der Waals surface area contributed by atoms with Crippen LogP contribution in [0.3, 0.4) is 0 Å². The smallest absolute Gasteiger partial charge is 0.337 e. The van der Waals surface area contributed by atoms with Gasteiger partial charge in [-0.15, -0.1) is 0 Å². The summed E-state index contributed by atoms with van der Waals surface area (Å²) in [6.07, 6.45) is 1.64. The highest BCUT2D eigenvalue weighted by Crippen LogP contribution is 2.22. The Balaban J connectivity index is 2.21. The Labute approximate surface area is 130 Å². The summed E-state index contributed by atoms with van der Waals surface area (Å²) in [5, 5.41) is 0. The first kappa shape index (κ1) is 15.2. The van der Waals surface area contributed by atoms with Crippen LogP contribution in [-0.4, -0.2) is 19.3 Å². The third kappa shape index (κ3) is 3.90. The van der Waals surface area contributed by atoms with E-state index < -0.39 is 0 Å². The maximum atomic E-state index is 11.3. The molecule has 21 heavy (non-hydrogen) atoms. The van der Waals surface area contributed by atoms with Gasteiger partial charge in [0, 0.05) is 16.3 Å². The van der Waals surface area contributed by atoms with Crippen LogP contribution in [0.1, 0.15) is 15.9 Å². The molecular formula is C15H13BrN2O3. The molecule has 2 N–H and O–H groups in total. The molecule has 6 heteroatoms. The van der Waals surface area contributed by atoms with Crippen LogP contribution in [0.25, 0.3) is 0 Å². The summed E-state index contributed by atoms with van der Waals surface area (Å²) >= 11 is 3.38. The first-order valence-electron chi connectivity index (χ1n) is 6.03. The Bertz CT molecular complexity index is 669. The topological polar surface area (TPSA) is 73.9 Å². The van der Waals surface area contributed by atoms with Gasteiger partial charge >= 0.3 is 5.97 Å². The molecule has 0 aliphatic heterocycles. The first-order valence-corrected chi connectivity index (χ1v) is 6.82. The van der Waals surface area contributed by atoms with Gasteiger partial charge in [-0.2, -0.15) is 5.90 Å². The molecule has 0 saturated carbocycles. The van der Waals surface area contributed by atoms with Crippen molar-refractivity contribution in [2.24, 2.45) is 10.9 Å². The molecule has 2 aromatic rings. The largest absolute Gasteiger partial charge is 0.465 e. The highest BCUT2D eigenvalue weighted by atomic mass is 79.9. The number of carbonyl (C=O) groups excluding carboxylic acids is 1. The fourth-order valence-electron chi connectivity index (χ4n) is 1.67. The standard InChI is InChI=1S/C15H13BrN2O3/c1-20-15(19)10-2-5-13(6-3-10)18-9-11-8-12(16)4-7-14(11)21-17/h2-9H,17H2,1H3. The normalized spacial score (nSPS) is 10.6. The number of hydrogen-bond donors (Lipinski definition) is 1. The van der Waals surface area contributed by atoms with E-state index in [1.54, 1.807) is 36.5 Å². The highest BCUT2D eigenvalue weighted by molar-refractivity contribution is 9.10. The Morgan fingerprint density at radius 1 is 1.24 bits per heavy atom. The summed E-state index contributed by atoms with van der Waals surface area (Å²) in [5.41, 5.74) is 1.92. The van der Waals surface area contributed by atoms with Gasteiger partial charge in [-0.1, -0.05) is 15.9 Å². The molecule has 2 rings (SSSR count). The van der Waals surface area contributed by atoms with Gasteiger partial charge in [0.25, 0.3) is 0 Å². The fourth-order valence-corrected chi connectivity index (χ4v) is 2.05. The number of ether oxygens (including phenoxy) is 1. The Kier molecular flexibility index (Phi) is 5.08. The van der Waals surface area contributed by atoms with E-state index in [9.17, 15) is 4.79 Å². The van der Waals surface area contributed by atoms with Gasteiger partial charge in [-0.25, -0.2) is 4.79 Å². The SMILES string of the molecule is COC(=O)c1ccc(N=Cc2cc(Br)ccc2ON)cc1. The van der Waals surface area contributed by atoms with Crippen molar-refractivity contribution in [1.29, 1.82) is 0 Å². The molecule has 0 aromatic heterocycles. The molecular weight excluding hydrogens is 336 g/mol. The average molecular weight is 349 g/mol. The van der Waals surface area contributed by atoms with Crippen molar-refractivity contribution < 1.29 is 14.4 Å². The molecule has 0 saturated heterocycles. The molecule has 5 nitrogen and oxygen atoms in total. The number of halogens is 1. The zero-order chi connectivity index (χ0) is 15.2. The van der Waals surface area contributed by atoms with Gasteiger partial charge in [0.2, 0.25) is 0 Å². The number of benzene rings is 2. The van der Waals surface area contributed by atoms with Gasteiger partial charge < -0.3 is 9.57 Å². The van der Waals surface area contributed by atoms with E-state index in [4.69, 9.17) is 10.7 Å². The summed E-state index contributed by atoms with van der Waals surface area (Å²) in [5.74, 6) is 5.35. The number of nitrogens with two attached hydrogens (primary N) is 1. The second-order valence-electron chi connectivity index (χ2n) is 4.10. The van der Waals surface area contributed by atoms with Crippen molar-refractivity contribution in [3.8, 4) is 5.75 Å². The van der Waals surface area contributed by atoms with E-state index in [1.165, 1.54) is 7.11 Å². The summed E-state index contributed by atoms with van der Waals surface area (Å²) in [6, 6.07) is 12.2. The lowest BCUT2D eigenvalue weighted by molar-refractivity contribution is 0.0601. The third-order valence-corrected chi connectivity index (χ3v) is 3.23. The number of rotatable bonds is 4. The number of esters is 1. The van der Waals surface area contributed by atoms with E-state index in [1.807, 2.05) is 12.1 Å². The maximum absolute atomic E-state index is 11.3. The average Bonchev–Trinajstić information content (AvgIpc) is 2.52. The fraction of sp³-hybridized carbons (Fsp3) is 0.0667. The summed E-state index contributed by atoms with van der Waals surface area (Å²) < 4.78 is 5.53. The predicted octanol–water partition coefficient (Wildman–Crippen LogP) is 3.24. The molecule has 0 radical (unpaired) electrons. The van der Waals surface area contributed by atoms with E-state index in [2.05, 4.69) is 25.7 Å². The van der Waals surface area contributed by atoms with Crippen LogP contribution < -0.4 is 10.7 Å². The van der Waals surface area contributed by atoms with Gasteiger partial charge in [-0.3, -0.25) is 4.99 Å². The molecule has 108 valence electrons. The molecule has 0 heterocycles. The molecule has 0 bridgehead atoms. The third-order valence-electron chi connectivity index (χ3n) is 2.74.